The summed E-state index contributed by atoms with van der Waals surface area (Å²) in [5.74, 6) is -0.276. The zero-order valence-electron chi connectivity index (χ0n) is 13.1. The fourth-order valence-electron chi connectivity index (χ4n) is 2.11. The lowest BCUT2D eigenvalue weighted by Crippen LogP contribution is -2.44. The molecular formula is C17H13N3O3S2. The first-order chi connectivity index (χ1) is 12.1. The number of thioether (sulfide) groups is 1. The molecule has 0 aliphatic carbocycles. The van der Waals surface area contributed by atoms with Crippen molar-refractivity contribution in [1.82, 2.24) is 15.4 Å². The third-order valence-corrected chi connectivity index (χ3v) is 4.62. The first-order valence-electron chi connectivity index (χ1n) is 7.21. The van der Waals surface area contributed by atoms with Crippen LogP contribution in [-0.2, 0) is 4.79 Å². The van der Waals surface area contributed by atoms with Gasteiger partial charge in [-0.3, -0.25) is 20.0 Å². The summed E-state index contributed by atoms with van der Waals surface area (Å²) in [4.78, 5) is 29.3. The largest absolute Gasteiger partial charge is 0.497 e. The summed E-state index contributed by atoms with van der Waals surface area (Å²) in [6, 6.07) is 10.2. The Bertz CT molecular complexity index is 868. The maximum absolute atomic E-state index is 12.5. The number of carbonyl (C=O) groups excluding carboxylic acids is 2. The molecule has 1 aliphatic heterocycles. The van der Waals surface area contributed by atoms with Crippen LogP contribution in [0.25, 0.3) is 6.08 Å². The molecule has 8 heteroatoms. The molecule has 2 amide bonds. The zero-order chi connectivity index (χ0) is 17.8. The molecular weight excluding hydrogens is 358 g/mol. The van der Waals surface area contributed by atoms with Crippen LogP contribution in [0.5, 0.6) is 5.75 Å². The van der Waals surface area contributed by atoms with Gasteiger partial charge in [-0.2, -0.15) is 5.01 Å². The number of aromatic nitrogens is 1. The van der Waals surface area contributed by atoms with Gasteiger partial charge in [-0.15, -0.1) is 0 Å². The number of hydrogen-bond donors (Lipinski definition) is 1. The molecule has 6 nitrogen and oxygen atoms in total. The second-order valence-corrected chi connectivity index (χ2v) is 6.65. The number of carbonyl (C=O) groups is 2. The number of hydrogen-bond acceptors (Lipinski definition) is 6. The summed E-state index contributed by atoms with van der Waals surface area (Å²) >= 11 is 6.32. The fraction of sp³-hybridized carbons (Fsp3) is 0.0588. The summed E-state index contributed by atoms with van der Waals surface area (Å²) in [6.07, 6.45) is 4.97. The second kappa shape index (κ2) is 7.45. The van der Waals surface area contributed by atoms with Crippen LogP contribution in [0.3, 0.4) is 0 Å². The maximum atomic E-state index is 12.5. The highest BCUT2D eigenvalue weighted by Gasteiger charge is 2.33. The molecule has 126 valence electrons. The minimum absolute atomic E-state index is 0.261. The number of pyridine rings is 1. The molecule has 1 fully saturated rings. The molecule has 0 radical (unpaired) electrons. The number of hydrazine groups is 1. The number of amides is 2. The minimum atomic E-state index is -0.446. The number of methoxy groups -OCH3 is 1. The first-order valence-corrected chi connectivity index (χ1v) is 8.44. The third kappa shape index (κ3) is 3.86. The fourth-order valence-corrected chi connectivity index (χ4v) is 3.29. The van der Waals surface area contributed by atoms with Crippen LogP contribution < -0.4 is 10.2 Å². The summed E-state index contributed by atoms with van der Waals surface area (Å²) in [6.45, 7) is 0. The van der Waals surface area contributed by atoms with Gasteiger partial charge in [-0.25, -0.2) is 0 Å². The van der Waals surface area contributed by atoms with Crippen molar-refractivity contribution in [2.45, 2.75) is 0 Å². The van der Waals surface area contributed by atoms with E-state index in [2.05, 4.69) is 10.4 Å². The number of benzene rings is 1. The van der Waals surface area contributed by atoms with Crippen LogP contribution in [0.2, 0.25) is 0 Å². The Labute approximate surface area is 153 Å². The first kappa shape index (κ1) is 17.1. The summed E-state index contributed by atoms with van der Waals surface area (Å²) < 4.78 is 5.36. The van der Waals surface area contributed by atoms with Crippen molar-refractivity contribution < 1.29 is 14.3 Å². The SMILES string of the molecule is COc1cccc(C(=O)NN2C(=O)/C(=C/c3cccnc3)SC2=S)c1. The predicted molar refractivity (Wildman–Crippen MR) is 99.7 cm³/mol. The van der Waals surface area contributed by atoms with E-state index in [9.17, 15) is 9.59 Å². The summed E-state index contributed by atoms with van der Waals surface area (Å²) in [5, 5.41) is 1.07. The Morgan fingerprint density at radius 1 is 1.36 bits per heavy atom. The molecule has 0 spiro atoms. The minimum Gasteiger partial charge on any atom is -0.497 e. The van der Waals surface area contributed by atoms with Gasteiger partial charge < -0.3 is 4.74 Å². The van der Waals surface area contributed by atoms with E-state index in [0.29, 0.717) is 16.2 Å². The Morgan fingerprint density at radius 3 is 2.92 bits per heavy atom. The predicted octanol–water partition coefficient (Wildman–Crippen LogP) is 2.64. The van der Waals surface area contributed by atoms with Crippen molar-refractivity contribution in [3.63, 3.8) is 0 Å². The van der Waals surface area contributed by atoms with E-state index >= 15 is 0 Å². The van der Waals surface area contributed by atoms with Gasteiger partial charge >= 0.3 is 0 Å². The van der Waals surface area contributed by atoms with Crippen LogP contribution in [0, 0.1) is 0 Å². The van der Waals surface area contributed by atoms with Crippen molar-refractivity contribution in [3.8, 4) is 5.75 Å². The Kier molecular flexibility index (Phi) is 5.11. The normalized spacial score (nSPS) is 15.6. The summed E-state index contributed by atoms with van der Waals surface area (Å²) in [5.41, 5.74) is 3.68. The highest BCUT2D eigenvalue weighted by Crippen LogP contribution is 2.31. The molecule has 1 aromatic carbocycles. The molecule has 1 aliphatic rings. The molecule has 1 aromatic heterocycles. The monoisotopic (exact) mass is 371 g/mol. The molecule has 2 aromatic rings. The van der Waals surface area contributed by atoms with E-state index in [4.69, 9.17) is 17.0 Å². The van der Waals surface area contributed by atoms with Gasteiger partial charge in [-0.1, -0.05) is 23.9 Å². The van der Waals surface area contributed by atoms with Crippen molar-refractivity contribution in [3.05, 3.63) is 64.8 Å². The number of ether oxygens (including phenoxy) is 1. The van der Waals surface area contributed by atoms with Crippen molar-refractivity contribution in [1.29, 1.82) is 0 Å². The smallest absolute Gasteiger partial charge is 0.285 e. The molecule has 0 atom stereocenters. The lowest BCUT2D eigenvalue weighted by Gasteiger charge is -2.15. The maximum Gasteiger partial charge on any atom is 0.285 e. The molecule has 2 heterocycles. The third-order valence-electron chi connectivity index (χ3n) is 3.32. The van der Waals surface area contributed by atoms with Crippen molar-refractivity contribution >= 4 is 46.2 Å². The number of nitrogens with one attached hydrogen (secondary N) is 1. The van der Waals surface area contributed by atoms with Crippen LogP contribution in [0.1, 0.15) is 15.9 Å². The standard InChI is InChI=1S/C17H13N3O3S2/c1-23-13-6-2-5-12(9-13)15(21)19-20-16(22)14(25-17(20)24)8-11-4-3-7-18-10-11/h2-10H,1H3,(H,19,21)/b14-8-. The second-order valence-electron chi connectivity index (χ2n) is 4.98. The van der Waals surface area contributed by atoms with Crippen LogP contribution in [0.15, 0.2) is 53.7 Å². The van der Waals surface area contributed by atoms with Gasteiger partial charge in [0.25, 0.3) is 11.8 Å². The van der Waals surface area contributed by atoms with Gasteiger partial charge in [0.05, 0.1) is 12.0 Å². The number of rotatable bonds is 4. The highest BCUT2D eigenvalue weighted by molar-refractivity contribution is 8.26. The lowest BCUT2D eigenvalue weighted by atomic mass is 10.2. The molecule has 0 unspecified atom stereocenters. The van der Waals surface area contributed by atoms with E-state index in [-0.39, 0.29) is 10.2 Å². The number of thiocarbonyl (C=S) groups is 1. The van der Waals surface area contributed by atoms with Gasteiger partial charge in [-0.05, 0) is 48.1 Å². The molecule has 1 saturated heterocycles. The molecule has 0 saturated carbocycles. The average molecular weight is 371 g/mol. The van der Waals surface area contributed by atoms with E-state index in [1.165, 1.54) is 7.11 Å². The molecule has 3 rings (SSSR count). The van der Waals surface area contributed by atoms with Crippen LogP contribution in [0.4, 0.5) is 0 Å². The van der Waals surface area contributed by atoms with E-state index in [1.54, 1.807) is 48.8 Å². The highest BCUT2D eigenvalue weighted by atomic mass is 32.2. The Balaban J connectivity index is 1.76. The van der Waals surface area contributed by atoms with Gasteiger partial charge in [0.15, 0.2) is 4.32 Å². The summed E-state index contributed by atoms with van der Waals surface area (Å²) in [7, 11) is 1.52. The van der Waals surface area contributed by atoms with Crippen molar-refractivity contribution in [2.24, 2.45) is 0 Å². The topological polar surface area (TPSA) is 71.5 Å². The molecule has 0 bridgehead atoms. The quantitative estimate of drug-likeness (QED) is 0.658. The van der Waals surface area contributed by atoms with E-state index < -0.39 is 5.91 Å². The van der Waals surface area contributed by atoms with Gasteiger partial charge in [0.2, 0.25) is 0 Å². The zero-order valence-corrected chi connectivity index (χ0v) is 14.8. The van der Waals surface area contributed by atoms with Gasteiger partial charge in [0.1, 0.15) is 5.75 Å². The van der Waals surface area contributed by atoms with Crippen LogP contribution in [-0.4, -0.2) is 33.2 Å². The van der Waals surface area contributed by atoms with Gasteiger partial charge in [0, 0.05) is 18.0 Å². The lowest BCUT2D eigenvalue weighted by molar-refractivity contribution is -0.123. The van der Waals surface area contributed by atoms with E-state index in [0.717, 1.165) is 22.3 Å². The van der Waals surface area contributed by atoms with E-state index in [1.807, 2.05) is 6.07 Å². The van der Waals surface area contributed by atoms with Crippen LogP contribution >= 0.6 is 24.0 Å². The molecule has 1 N–H and O–H groups in total. The average Bonchev–Trinajstić information content (AvgIpc) is 2.90. The van der Waals surface area contributed by atoms with Crippen molar-refractivity contribution in [2.75, 3.05) is 7.11 Å². The number of nitrogens with zero attached hydrogens (tertiary/aromatic N) is 2. The molecule has 25 heavy (non-hydrogen) atoms. The Morgan fingerprint density at radius 2 is 2.20 bits per heavy atom. The Hall–Kier alpha value is -2.71.